The molecule has 9 heteroatoms. The van der Waals surface area contributed by atoms with E-state index in [2.05, 4.69) is 14.7 Å². The Morgan fingerprint density at radius 3 is 2.52 bits per heavy atom. The number of rotatable bonds is 6. The molecule has 0 aliphatic carbocycles. The molecule has 0 amide bonds. The number of nitrogens with zero attached hydrogens (tertiary/aromatic N) is 1. The quantitative estimate of drug-likeness (QED) is 0.597. The Balaban J connectivity index is 2.17. The lowest BCUT2D eigenvalue weighted by Gasteiger charge is -2.14. The molecule has 1 aromatic heterocycles. The number of aromatic amines is 1. The van der Waals surface area contributed by atoms with Crippen LogP contribution in [0.2, 0.25) is 0 Å². The molecule has 0 radical (unpaired) electrons. The maximum Gasteiger partial charge on any atom is 0.322 e. The summed E-state index contributed by atoms with van der Waals surface area (Å²) in [6.07, 6.45) is 2.22. The van der Waals surface area contributed by atoms with Gasteiger partial charge in [-0.25, -0.2) is 13.4 Å². The molecule has 0 unspecified atom stereocenters. The van der Waals surface area contributed by atoms with Crippen molar-refractivity contribution in [1.82, 2.24) is 14.7 Å². The van der Waals surface area contributed by atoms with Crippen molar-refractivity contribution in [2.75, 3.05) is 0 Å². The van der Waals surface area contributed by atoms with Crippen molar-refractivity contribution in [3.8, 4) is 5.75 Å². The molecule has 8 nitrogen and oxygen atoms in total. The molecule has 21 heavy (non-hydrogen) atoms. The summed E-state index contributed by atoms with van der Waals surface area (Å²) in [5.74, 6) is -1.25. The van der Waals surface area contributed by atoms with Crippen LogP contribution in [0, 0.1) is 0 Å². The molecular formula is C12H13N3O5S. The maximum absolute atomic E-state index is 12.0. The number of hydrogen-bond donors (Lipinski definition) is 4. The summed E-state index contributed by atoms with van der Waals surface area (Å²) < 4.78 is 26.0. The normalized spacial score (nSPS) is 13.0. The van der Waals surface area contributed by atoms with Gasteiger partial charge in [-0.2, -0.15) is 4.72 Å². The van der Waals surface area contributed by atoms with Gasteiger partial charge in [-0.3, -0.25) is 4.79 Å². The Bertz CT molecular complexity index is 710. The molecule has 0 saturated carbocycles. The largest absolute Gasteiger partial charge is 0.508 e. The summed E-state index contributed by atoms with van der Waals surface area (Å²) in [6, 6.07) is 4.52. The Morgan fingerprint density at radius 2 is 2.00 bits per heavy atom. The van der Waals surface area contributed by atoms with Gasteiger partial charge in [0.15, 0.2) is 5.03 Å². The van der Waals surface area contributed by atoms with E-state index in [1.54, 1.807) is 0 Å². The number of sulfonamides is 1. The second-order valence-electron chi connectivity index (χ2n) is 4.30. The summed E-state index contributed by atoms with van der Waals surface area (Å²) in [6.45, 7) is 0. The topological polar surface area (TPSA) is 132 Å². The van der Waals surface area contributed by atoms with Crippen molar-refractivity contribution in [3.63, 3.8) is 0 Å². The van der Waals surface area contributed by atoms with Crippen molar-refractivity contribution in [2.45, 2.75) is 17.5 Å². The van der Waals surface area contributed by atoms with Gasteiger partial charge < -0.3 is 15.2 Å². The van der Waals surface area contributed by atoms with Gasteiger partial charge in [0, 0.05) is 0 Å². The Kier molecular flexibility index (Phi) is 4.24. The number of phenolic OH excluding ortho intramolecular Hbond substituents is 1. The standard InChI is InChI=1S/C12H13N3O5S/c16-9-3-1-8(2-4-9)5-10(12(17)18)15-21(19,20)11-6-13-7-14-11/h1-4,6-7,10,15-16H,5H2,(H,13,14)(H,17,18)/t10-/m0/s1. The van der Waals surface area contributed by atoms with E-state index >= 15 is 0 Å². The summed E-state index contributed by atoms with van der Waals surface area (Å²) in [4.78, 5) is 17.2. The van der Waals surface area contributed by atoms with E-state index in [9.17, 15) is 18.3 Å². The summed E-state index contributed by atoms with van der Waals surface area (Å²) in [7, 11) is -3.99. The SMILES string of the molecule is O=C(O)[C@H](Cc1ccc(O)cc1)NS(=O)(=O)c1cnc[nH]1. The minimum Gasteiger partial charge on any atom is -0.508 e. The predicted octanol–water partition coefficient (Wildman–Crippen LogP) is 0.0895. The number of H-pyrrole nitrogens is 1. The number of nitrogens with one attached hydrogen (secondary N) is 2. The zero-order valence-electron chi connectivity index (χ0n) is 10.7. The van der Waals surface area contributed by atoms with Crippen LogP contribution in [0.4, 0.5) is 0 Å². The first-order valence-electron chi connectivity index (χ1n) is 5.90. The Hall–Kier alpha value is -2.39. The number of benzene rings is 1. The van der Waals surface area contributed by atoms with Gasteiger partial charge in [0.25, 0.3) is 10.0 Å². The number of phenols is 1. The fourth-order valence-electron chi connectivity index (χ4n) is 1.69. The van der Waals surface area contributed by atoms with Crippen molar-refractivity contribution < 1.29 is 23.4 Å². The molecule has 0 fully saturated rings. The minimum atomic E-state index is -3.99. The first-order valence-corrected chi connectivity index (χ1v) is 7.38. The lowest BCUT2D eigenvalue weighted by Crippen LogP contribution is -2.42. The van der Waals surface area contributed by atoms with Gasteiger partial charge in [-0.05, 0) is 24.1 Å². The lowest BCUT2D eigenvalue weighted by molar-refractivity contribution is -0.138. The molecule has 112 valence electrons. The molecular weight excluding hydrogens is 298 g/mol. The molecule has 2 rings (SSSR count). The number of aromatic nitrogens is 2. The third-order valence-electron chi connectivity index (χ3n) is 2.73. The van der Waals surface area contributed by atoms with E-state index < -0.39 is 22.0 Å². The van der Waals surface area contributed by atoms with E-state index in [4.69, 9.17) is 5.11 Å². The van der Waals surface area contributed by atoms with Crippen LogP contribution in [-0.2, 0) is 21.2 Å². The smallest absolute Gasteiger partial charge is 0.322 e. The molecule has 2 aromatic rings. The van der Waals surface area contributed by atoms with Crippen molar-refractivity contribution in [2.24, 2.45) is 0 Å². The monoisotopic (exact) mass is 311 g/mol. The number of carboxylic acid groups (broad SMARTS) is 1. The van der Waals surface area contributed by atoms with Crippen LogP contribution in [0.3, 0.4) is 0 Å². The second-order valence-corrected chi connectivity index (χ2v) is 5.98. The Morgan fingerprint density at radius 1 is 1.33 bits per heavy atom. The first-order chi connectivity index (χ1) is 9.88. The van der Waals surface area contributed by atoms with Crippen LogP contribution in [0.25, 0.3) is 0 Å². The molecule has 4 N–H and O–H groups in total. The average molecular weight is 311 g/mol. The third kappa shape index (κ3) is 3.80. The van der Waals surface area contributed by atoms with Gasteiger partial charge in [0.2, 0.25) is 0 Å². The van der Waals surface area contributed by atoms with Gasteiger partial charge in [0.1, 0.15) is 11.8 Å². The Labute approximate surface area is 120 Å². The number of aliphatic carboxylic acids is 1. The number of carboxylic acids is 1. The van der Waals surface area contributed by atoms with Crippen LogP contribution >= 0.6 is 0 Å². The van der Waals surface area contributed by atoms with Crippen LogP contribution < -0.4 is 4.72 Å². The minimum absolute atomic E-state index is 0.0451. The van der Waals surface area contributed by atoms with Gasteiger partial charge in [0.05, 0.1) is 12.5 Å². The highest BCUT2D eigenvalue weighted by Gasteiger charge is 2.26. The summed E-state index contributed by atoms with van der Waals surface area (Å²) in [5, 5.41) is 18.1. The van der Waals surface area contributed by atoms with E-state index in [1.807, 2.05) is 0 Å². The molecule has 0 bridgehead atoms. The number of hydrogen-bond acceptors (Lipinski definition) is 5. The van der Waals surface area contributed by atoms with Gasteiger partial charge >= 0.3 is 5.97 Å². The number of aromatic hydroxyl groups is 1. The highest BCUT2D eigenvalue weighted by Crippen LogP contribution is 2.12. The molecule has 0 aliphatic heterocycles. The highest BCUT2D eigenvalue weighted by molar-refractivity contribution is 7.89. The third-order valence-corrected chi connectivity index (χ3v) is 4.13. The lowest BCUT2D eigenvalue weighted by atomic mass is 10.1. The predicted molar refractivity (Wildman–Crippen MR) is 72.1 cm³/mol. The second kappa shape index (κ2) is 5.94. The number of imidazole rings is 1. The highest BCUT2D eigenvalue weighted by atomic mass is 32.2. The number of carbonyl (C=O) groups is 1. The van der Waals surface area contributed by atoms with Gasteiger partial charge in [-0.1, -0.05) is 12.1 Å². The summed E-state index contributed by atoms with van der Waals surface area (Å²) >= 11 is 0. The first kappa shape index (κ1) is 15.0. The van der Waals surface area contributed by atoms with Gasteiger partial charge in [-0.15, -0.1) is 0 Å². The van der Waals surface area contributed by atoms with Crippen LogP contribution in [0.5, 0.6) is 5.75 Å². The van der Waals surface area contributed by atoms with E-state index in [1.165, 1.54) is 30.6 Å². The van der Waals surface area contributed by atoms with Crippen molar-refractivity contribution in [3.05, 3.63) is 42.4 Å². The fraction of sp³-hybridized carbons (Fsp3) is 0.167. The summed E-state index contributed by atoms with van der Waals surface area (Å²) in [5.41, 5.74) is 0.576. The molecule has 1 atom stereocenters. The van der Waals surface area contributed by atoms with E-state index in [-0.39, 0.29) is 17.2 Å². The molecule has 1 aromatic carbocycles. The zero-order chi connectivity index (χ0) is 15.5. The molecule has 0 saturated heterocycles. The van der Waals surface area contributed by atoms with E-state index in [0.29, 0.717) is 5.56 Å². The molecule has 0 spiro atoms. The van der Waals surface area contributed by atoms with Crippen LogP contribution in [0.1, 0.15) is 5.56 Å². The average Bonchev–Trinajstić information content (AvgIpc) is 2.95. The molecule has 1 heterocycles. The fourth-order valence-corrected chi connectivity index (χ4v) is 2.78. The zero-order valence-corrected chi connectivity index (χ0v) is 11.5. The maximum atomic E-state index is 12.0. The molecule has 0 aliphatic rings. The van der Waals surface area contributed by atoms with Crippen molar-refractivity contribution >= 4 is 16.0 Å². The van der Waals surface area contributed by atoms with Crippen LogP contribution in [0.15, 0.2) is 41.8 Å². The van der Waals surface area contributed by atoms with E-state index in [0.717, 1.165) is 6.20 Å². The van der Waals surface area contributed by atoms with Crippen LogP contribution in [-0.4, -0.2) is 40.6 Å². The van der Waals surface area contributed by atoms with Crippen molar-refractivity contribution in [1.29, 1.82) is 0 Å².